The molecule has 2 amide bonds. The minimum atomic E-state index is -0.0566. The lowest BCUT2D eigenvalue weighted by atomic mass is 10.1. The summed E-state index contributed by atoms with van der Waals surface area (Å²) in [5.74, 6) is -0.0420. The zero-order valence-corrected chi connectivity index (χ0v) is 14.5. The van der Waals surface area contributed by atoms with Crippen LogP contribution >= 0.6 is 0 Å². The number of benzene rings is 2. The third-order valence-corrected chi connectivity index (χ3v) is 4.19. The highest BCUT2D eigenvalue weighted by Gasteiger charge is 2.12. The number of hydrogen-bond acceptors (Lipinski definition) is 2. The maximum absolute atomic E-state index is 12.2. The average molecular weight is 324 g/mol. The maximum atomic E-state index is 12.2. The fourth-order valence-electron chi connectivity index (χ4n) is 2.46. The second-order valence-corrected chi connectivity index (χ2v) is 5.94. The summed E-state index contributed by atoms with van der Waals surface area (Å²) in [4.78, 5) is 25.9. The molecule has 0 radical (unpaired) electrons. The number of para-hydroxylation sites is 1. The van der Waals surface area contributed by atoms with Crippen molar-refractivity contribution in [2.75, 3.05) is 17.3 Å². The second-order valence-electron chi connectivity index (χ2n) is 5.94. The zero-order chi connectivity index (χ0) is 17.5. The van der Waals surface area contributed by atoms with Gasteiger partial charge >= 0.3 is 0 Å². The van der Waals surface area contributed by atoms with Gasteiger partial charge in [-0.3, -0.25) is 9.59 Å². The van der Waals surface area contributed by atoms with E-state index < -0.39 is 0 Å². The molecular weight excluding hydrogens is 300 g/mol. The molecule has 0 aliphatic rings. The van der Waals surface area contributed by atoms with Crippen LogP contribution in [0.3, 0.4) is 0 Å². The monoisotopic (exact) mass is 324 g/mol. The van der Waals surface area contributed by atoms with Gasteiger partial charge < -0.3 is 10.2 Å². The number of amides is 2. The molecule has 0 heterocycles. The summed E-state index contributed by atoms with van der Waals surface area (Å²) in [6.07, 6.45) is 1.22. The van der Waals surface area contributed by atoms with Crippen LogP contribution in [-0.4, -0.2) is 18.9 Å². The first kappa shape index (κ1) is 17.7. The number of rotatable bonds is 6. The van der Waals surface area contributed by atoms with Crippen molar-refractivity contribution in [3.8, 4) is 0 Å². The molecule has 24 heavy (non-hydrogen) atoms. The van der Waals surface area contributed by atoms with Gasteiger partial charge in [0.25, 0.3) is 0 Å². The molecule has 126 valence electrons. The molecule has 0 saturated carbocycles. The van der Waals surface area contributed by atoms with Gasteiger partial charge in [0.1, 0.15) is 0 Å². The smallest absolute Gasteiger partial charge is 0.226 e. The standard InChI is InChI=1S/C20H24N2O2/c1-15-9-7-12-18(16(15)2)21-19(23)13-8-14-20(24)22(3)17-10-5-4-6-11-17/h4-7,9-12H,8,13-14H2,1-3H3,(H,21,23). The number of carbonyl (C=O) groups is 2. The van der Waals surface area contributed by atoms with Gasteiger partial charge in [-0.15, -0.1) is 0 Å². The van der Waals surface area contributed by atoms with Crippen LogP contribution in [0.2, 0.25) is 0 Å². The molecular formula is C20H24N2O2. The third-order valence-electron chi connectivity index (χ3n) is 4.19. The Hall–Kier alpha value is -2.62. The van der Waals surface area contributed by atoms with Crippen molar-refractivity contribution >= 4 is 23.2 Å². The third kappa shape index (κ3) is 4.69. The van der Waals surface area contributed by atoms with Crippen LogP contribution in [0, 0.1) is 13.8 Å². The summed E-state index contributed by atoms with van der Waals surface area (Å²) < 4.78 is 0. The lowest BCUT2D eigenvalue weighted by Crippen LogP contribution is -2.26. The van der Waals surface area contributed by atoms with Gasteiger partial charge in [0.05, 0.1) is 0 Å². The van der Waals surface area contributed by atoms with E-state index in [1.54, 1.807) is 11.9 Å². The Kier molecular flexibility index (Phi) is 6.13. The first-order valence-electron chi connectivity index (χ1n) is 8.16. The Morgan fingerprint density at radius 3 is 2.38 bits per heavy atom. The van der Waals surface area contributed by atoms with Gasteiger partial charge in [-0.1, -0.05) is 30.3 Å². The summed E-state index contributed by atoms with van der Waals surface area (Å²) >= 11 is 0. The lowest BCUT2D eigenvalue weighted by Gasteiger charge is -2.17. The number of carbonyl (C=O) groups excluding carboxylic acids is 2. The number of nitrogens with one attached hydrogen (secondary N) is 1. The zero-order valence-electron chi connectivity index (χ0n) is 14.5. The SMILES string of the molecule is Cc1cccc(NC(=O)CCCC(=O)N(C)c2ccccc2)c1C. The Morgan fingerprint density at radius 2 is 1.67 bits per heavy atom. The van der Waals surface area contributed by atoms with Crippen molar-refractivity contribution in [2.24, 2.45) is 0 Å². The maximum Gasteiger partial charge on any atom is 0.226 e. The van der Waals surface area contributed by atoms with E-state index in [1.807, 2.05) is 62.4 Å². The normalized spacial score (nSPS) is 10.3. The topological polar surface area (TPSA) is 49.4 Å². The molecule has 0 unspecified atom stereocenters. The largest absolute Gasteiger partial charge is 0.326 e. The highest BCUT2D eigenvalue weighted by atomic mass is 16.2. The van der Waals surface area contributed by atoms with Crippen molar-refractivity contribution < 1.29 is 9.59 Å². The lowest BCUT2D eigenvalue weighted by molar-refractivity contribution is -0.118. The average Bonchev–Trinajstić information content (AvgIpc) is 2.59. The van der Waals surface area contributed by atoms with Crippen LogP contribution in [-0.2, 0) is 9.59 Å². The minimum Gasteiger partial charge on any atom is -0.326 e. The summed E-state index contributed by atoms with van der Waals surface area (Å²) in [7, 11) is 1.76. The van der Waals surface area contributed by atoms with Crippen molar-refractivity contribution in [1.29, 1.82) is 0 Å². The molecule has 2 aromatic carbocycles. The van der Waals surface area contributed by atoms with E-state index in [0.717, 1.165) is 22.5 Å². The molecule has 1 N–H and O–H groups in total. The molecule has 0 bridgehead atoms. The van der Waals surface area contributed by atoms with Gasteiger partial charge in [0.2, 0.25) is 11.8 Å². The molecule has 0 atom stereocenters. The molecule has 4 nitrogen and oxygen atoms in total. The number of nitrogens with zero attached hydrogens (tertiary/aromatic N) is 1. The molecule has 0 saturated heterocycles. The van der Waals surface area contributed by atoms with Crippen LogP contribution in [0.25, 0.3) is 0 Å². The summed E-state index contributed by atoms with van der Waals surface area (Å²) in [5, 5.41) is 2.92. The summed E-state index contributed by atoms with van der Waals surface area (Å²) in [5.41, 5.74) is 3.92. The van der Waals surface area contributed by atoms with Crippen LogP contribution < -0.4 is 10.2 Å². The fraction of sp³-hybridized carbons (Fsp3) is 0.300. The first-order valence-corrected chi connectivity index (χ1v) is 8.16. The first-order chi connectivity index (χ1) is 11.5. The van der Waals surface area contributed by atoms with Crippen LogP contribution in [0.15, 0.2) is 48.5 Å². The Bertz CT molecular complexity index is 711. The van der Waals surface area contributed by atoms with Gasteiger partial charge in [-0.2, -0.15) is 0 Å². The van der Waals surface area contributed by atoms with E-state index in [2.05, 4.69) is 5.32 Å². The number of aryl methyl sites for hydroxylation is 1. The van der Waals surface area contributed by atoms with Gasteiger partial charge in [-0.05, 0) is 49.6 Å². The number of hydrogen-bond donors (Lipinski definition) is 1. The highest BCUT2D eigenvalue weighted by molar-refractivity contribution is 5.94. The van der Waals surface area contributed by atoms with E-state index in [0.29, 0.717) is 19.3 Å². The van der Waals surface area contributed by atoms with E-state index in [-0.39, 0.29) is 11.8 Å². The fourth-order valence-corrected chi connectivity index (χ4v) is 2.46. The Labute approximate surface area is 143 Å². The predicted molar refractivity (Wildman–Crippen MR) is 98.2 cm³/mol. The Morgan fingerprint density at radius 1 is 0.958 bits per heavy atom. The molecule has 0 fully saturated rings. The molecule has 0 aliphatic heterocycles. The van der Waals surface area contributed by atoms with Crippen molar-refractivity contribution in [2.45, 2.75) is 33.1 Å². The van der Waals surface area contributed by atoms with Crippen LogP contribution in [0.4, 0.5) is 11.4 Å². The molecule has 4 heteroatoms. The van der Waals surface area contributed by atoms with E-state index >= 15 is 0 Å². The highest BCUT2D eigenvalue weighted by Crippen LogP contribution is 2.18. The molecule has 2 aromatic rings. The van der Waals surface area contributed by atoms with Crippen molar-refractivity contribution in [3.05, 3.63) is 59.7 Å². The minimum absolute atomic E-state index is 0.0146. The van der Waals surface area contributed by atoms with E-state index in [1.165, 1.54) is 0 Å². The van der Waals surface area contributed by atoms with Crippen molar-refractivity contribution in [3.63, 3.8) is 0 Å². The van der Waals surface area contributed by atoms with E-state index in [9.17, 15) is 9.59 Å². The predicted octanol–water partition coefficient (Wildman–Crippen LogP) is 4.08. The summed E-state index contributed by atoms with van der Waals surface area (Å²) in [6, 6.07) is 15.3. The van der Waals surface area contributed by atoms with Crippen LogP contribution in [0.1, 0.15) is 30.4 Å². The quantitative estimate of drug-likeness (QED) is 0.870. The van der Waals surface area contributed by atoms with Crippen molar-refractivity contribution in [1.82, 2.24) is 0 Å². The van der Waals surface area contributed by atoms with Gasteiger partial charge in [-0.25, -0.2) is 0 Å². The summed E-state index contributed by atoms with van der Waals surface area (Å²) in [6.45, 7) is 4.01. The second kappa shape index (κ2) is 8.29. The molecule has 0 aliphatic carbocycles. The molecule has 0 spiro atoms. The van der Waals surface area contributed by atoms with E-state index in [4.69, 9.17) is 0 Å². The number of anilines is 2. The van der Waals surface area contributed by atoms with Gasteiger partial charge in [0, 0.05) is 31.3 Å². The van der Waals surface area contributed by atoms with Gasteiger partial charge in [0.15, 0.2) is 0 Å². The van der Waals surface area contributed by atoms with Crippen LogP contribution in [0.5, 0.6) is 0 Å². The Balaban J connectivity index is 1.80. The molecule has 0 aromatic heterocycles. The molecule has 2 rings (SSSR count).